The van der Waals surface area contributed by atoms with Gasteiger partial charge in [0.25, 0.3) is 0 Å². The Balaban J connectivity index is 1.41. The highest BCUT2D eigenvalue weighted by atomic mass is 16.6. The average Bonchev–Trinajstić information content (AvgIpc) is 3.03. The summed E-state index contributed by atoms with van der Waals surface area (Å²) in [6.45, 7) is 10.6. The number of rotatable bonds is 2. The molecule has 0 N–H and O–H groups in total. The van der Waals surface area contributed by atoms with E-state index in [9.17, 15) is 9.59 Å². The highest BCUT2D eigenvalue weighted by molar-refractivity contribution is 5.94. The van der Waals surface area contributed by atoms with Crippen molar-refractivity contribution in [3.8, 4) is 0 Å². The van der Waals surface area contributed by atoms with Crippen LogP contribution in [-0.2, 0) is 14.9 Å². The van der Waals surface area contributed by atoms with Crippen LogP contribution < -0.4 is 4.90 Å². The van der Waals surface area contributed by atoms with Gasteiger partial charge in [-0.05, 0) is 64.3 Å². The van der Waals surface area contributed by atoms with E-state index in [1.54, 1.807) is 6.92 Å². The monoisotopic (exact) mass is 399 g/mol. The van der Waals surface area contributed by atoms with E-state index in [0.29, 0.717) is 12.6 Å². The Hall–Kier alpha value is -2.08. The molecule has 0 unspecified atom stereocenters. The molecule has 6 nitrogen and oxygen atoms in total. The molecule has 4 rings (SSSR count). The normalized spacial score (nSPS) is 22.0. The van der Waals surface area contributed by atoms with E-state index in [4.69, 9.17) is 4.74 Å². The first kappa shape index (κ1) is 20.2. The van der Waals surface area contributed by atoms with Gasteiger partial charge in [0.2, 0.25) is 5.91 Å². The van der Waals surface area contributed by atoms with E-state index in [-0.39, 0.29) is 17.4 Å². The summed E-state index contributed by atoms with van der Waals surface area (Å²) in [7, 11) is 0. The first-order valence-electron chi connectivity index (χ1n) is 11.0. The number of nitrogens with zero attached hydrogens (tertiary/aromatic N) is 3. The van der Waals surface area contributed by atoms with Gasteiger partial charge in [-0.15, -0.1) is 0 Å². The fraction of sp³-hybridized carbons (Fsp3) is 0.652. The predicted octanol–water partition coefficient (Wildman–Crippen LogP) is 3.32. The van der Waals surface area contributed by atoms with Gasteiger partial charge in [-0.1, -0.05) is 17.7 Å². The van der Waals surface area contributed by atoms with Crippen LogP contribution in [0.25, 0.3) is 0 Å². The van der Waals surface area contributed by atoms with Gasteiger partial charge in [0.05, 0.1) is 6.61 Å². The third-order valence-corrected chi connectivity index (χ3v) is 7.12. The number of carbonyl (C=O) groups excluding carboxylic acids is 2. The van der Waals surface area contributed by atoms with E-state index in [1.807, 2.05) is 16.7 Å². The Morgan fingerprint density at radius 3 is 2.45 bits per heavy atom. The van der Waals surface area contributed by atoms with Crippen molar-refractivity contribution in [3.63, 3.8) is 0 Å². The third-order valence-electron chi connectivity index (χ3n) is 7.12. The van der Waals surface area contributed by atoms with E-state index < -0.39 is 0 Å². The van der Waals surface area contributed by atoms with Crippen molar-refractivity contribution < 1.29 is 14.3 Å². The van der Waals surface area contributed by atoms with Crippen LogP contribution in [0.4, 0.5) is 10.5 Å². The number of piperidine rings is 2. The zero-order valence-corrected chi connectivity index (χ0v) is 17.9. The number of likely N-dealkylation sites (tertiary alicyclic amines) is 2. The molecule has 2 amide bonds. The van der Waals surface area contributed by atoms with E-state index in [2.05, 4.69) is 30.0 Å². The molecule has 0 aromatic heterocycles. The molecule has 1 aromatic rings. The minimum absolute atomic E-state index is 0.0924. The van der Waals surface area contributed by atoms with Crippen LogP contribution in [0, 0.1) is 6.92 Å². The van der Waals surface area contributed by atoms with Gasteiger partial charge < -0.3 is 19.4 Å². The van der Waals surface area contributed by atoms with E-state index in [1.165, 1.54) is 11.1 Å². The van der Waals surface area contributed by atoms with Crippen LogP contribution in [0.2, 0.25) is 0 Å². The molecule has 3 heterocycles. The van der Waals surface area contributed by atoms with Crippen molar-refractivity contribution in [2.75, 3.05) is 44.2 Å². The second-order valence-electron chi connectivity index (χ2n) is 8.86. The lowest BCUT2D eigenvalue weighted by Crippen LogP contribution is -2.52. The Morgan fingerprint density at radius 2 is 1.83 bits per heavy atom. The van der Waals surface area contributed by atoms with Gasteiger partial charge in [-0.2, -0.15) is 0 Å². The maximum Gasteiger partial charge on any atom is 0.409 e. The summed E-state index contributed by atoms with van der Waals surface area (Å²) < 4.78 is 5.14. The Morgan fingerprint density at radius 1 is 1.14 bits per heavy atom. The lowest BCUT2D eigenvalue weighted by atomic mass is 9.73. The van der Waals surface area contributed by atoms with Crippen LogP contribution in [0.5, 0.6) is 0 Å². The average molecular weight is 400 g/mol. The molecule has 1 aromatic carbocycles. The fourth-order valence-electron chi connectivity index (χ4n) is 5.44. The van der Waals surface area contributed by atoms with Gasteiger partial charge in [-0.25, -0.2) is 4.79 Å². The molecule has 3 aliphatic rings. The minimum Gasteiger partial charge on any atom is -0.450 e. The molecule has 1 spiro atoms. The molecule has 158 valence electrons. The first-order valence-corrected chi connectivity index (χ1v) is 11.0. The zero-order valence-electron chi connectivity index (χ0n) is 17.9. The van der Waals surface area contributed by atoms with E-state index in [0.717, 1.165) is 64.1 Å². The summed E-state index contributed by atoms with van der Waals surface area (Å²) in [6.07, 6.45) is 4.03. The summed E-state index contributed by atoms with van der Waals surface area (Å²) in [5.41, 5.74) is 3.83. The Labute approximate surface area is 173 Å². The molecular formula is C23H33N3O3. The van der Waals surface area contributed by atoms with Crippen LogP contribution in [0.3, 0.4) is 0 Å². The fourth-order valence-corrected chi connectivity index (χ4v) is 5.44. The topological polar surface area (TPSA) is 53.1 Å². The quantitative estimate of drug-likeness (QED) is 0.766. The molecule has 0 bridgehead atoms. The number of carbonyl (C=O) groups is 2. The summed E-state index contributed by atoms with van der Waals surface area (Å²) in [5, 5.41) is 0. The summed E-state index contributed by atoms with van der Waals surface area (Å²) in [4.78, 5) is 30.6. The Kier molecular flexibility index (Phi) is 5.56. The van der Waals surface area contributed by atoms with Gasteiger partial charge in [0.1, 0.15) is 0 Å². The molecule has 0 aliphatic carbocycles. The molecule has 29 heavy (non-hydrogen) atoms. The predicted molar refractivity (Wildman–Crippen MR) is 113 cm³/mol. The Bertz CT molecular complexity index is 778. The van der Waals surface area contributed by atoms with Gasteiger partial charge in [-0.3, -0.25) is 4.79 Å². The van der Waals surface area contributed by atoms with Crippen molar-refractivity contribution in [2.45, 2.75) is 57.9 Å². The molecule has 2 fully saturated rings. The zero-order chi connectivity index (χ0) is 20.6. The van der Waals surface area contributed by atoms with Crippen LogP contribution in [0.1, 0.15) is 50.7 Å². The third kappa shape index (κ3) is 3.75. The summed E-state index contributed by atoms with van der Waals surface area (Å²) in [5.74, 6) is 0.140. The van der Waals surface area contributed by atoms with Crippen LogP contribution in [-0.4, -0.2) is 67.2 Å². The number of hydrogen-bond acceptors (Lipinski definition) is 4. The SMILES string of the molecule is CCOC(=O)N1CCC(N2CCC3(CC2)CN(C(C)=O)c2ccc(C)cc23)CC1. The number of ether oxygens (including phenoxy) is 1. The molecule has 0 radical (unpaired) electrons. The summed E-state index contributed by atoms with van der Waals surface area (Å²) >= 11 is 0. The summed E-state index contributed by atoms with van der Waals surface area (Å²) in [6, 6.07) is 7.07. The second-order valence-corrected chi connectivity index (χ2v) is 8.86. The number of hydrogen-bond donors (Lipinski definition) is 0. The first-order chi connectivity index (χ1) is 13.9. The standard InChI is InChI=1S/C23H33N3O3/c1-4-29-22(28)25-11-7-19(8-12-25)24-13-9-23(10-14-24)16-26(18(3)27)21-6-5-17(2)15-20(21)23/h5-6,15,19H,4,7-14,16H2,1-3H3. The maximum atomic E-state index is 12.2. The maximum absolute atomic E-state index is 12.2. The highest BCUT2D eigenvalue weighted by Crippen LogP contribution is 2.47. The van der Waals surface area contributed by atoms with Crippen molar-refractivity contribution in [3.05, 3.63) is 29.3 Å². The number of amides is 2. The lowest BCUT2D eigenvalue weighted by molar-refractivity contribution is -0.116. The minimum atomic E-state index is -0.175. The molecule has 3 aliphatic heterocycles. The number of fused-ring (bicyclic) bond motifs is 2. The number of anilines is 1. The van der Waals surface area contributed by atoms with E-state index >= 15 is 0 Å². The molecule has 6 heteroatoms. The largest absolute Gasteiger partial charge is 0.450 e. The van der Waals surface area contributed by atoms with Crippen molar-refractivity contribution in [2.24, 2.45) is 0 Å². The second kappa shape index (κ2) is 7.98. The molecule has 0 atom stereocenters. The molecular weight excluding hydrogens is 366 g/mol. The van der Waals surface area contributed by atoms with Crippen molar-refractivity contribution in [1.82, 2.24) is 9.80 Å². The molecule has 0 saturated carbocycles. The highest BCUT2D eigenvalue weighted by Gasteiger charge is 2.46. The lowest BCUT2D eigenvalue weighted by Gasteiger charge is -2.45. The van der Waals surface area contributed by atoms with Crippen molar-refractivity contribution >= 4 is 17.7 Å². The van der Waals surface area contributed by atoms with Gasteiger partial charge in [0, 0.05) is 43.7 Å². The number of benzene rings is 1. The van der Waals surface area contributed by atoms with Gasteiger partial charge in [0.15, 0.2) is 0 Å². The smallest absolute Gasteiger partial charge is 0.409 e. The van der Waals surface area contributed by atoms with Crippen molar-refractivity contribution in [1.29, 1.82) is 0 Å². The number of aryl methyl sites for hydroxylation is 1. The van der Waals surface area contributed by atoms with Crippen LogP contribution in [0.15, 0.2) is 18.2 Å². The van der Waals surface area contributed by atoms with Crippen LogP contribution >= 0.6 is 0 Å². The van der Waals surface area contributed by atoms with Gasteiger partial charge >= 0.3 is 6.09 Å². The molecule has 2 saturated heterocycles.